The molecule has 4 N–H and O–H groups in total. The quantitative estimate of drug-likeness (QED) is 0.353. The lowest BCUT2D eigenvalue weighted by Gasteiger charge is -2.26. The highest BCUT2D eigenvalue weighted by molar-refractivity contribution is 6.45. The van der Waals surface area contributed by atoms with Gasteiger partial charge in [0.15, 0.2) is 0 Å². The number of benzene rings is 1. The lowest BCUT2D eigenvalue weighted by atomic mass is 9.90. The number of anilines is 1. The Kier molecular flexibility index (Phi) is 11.5. The van der Waals surface area contributed by atoms with Gasteiger partial charge in [-0.15, -0.1) is 0 Å². The minimum absolute atomic E-state index is 0.393. The Morgan fingerprint density at radius 2 is 1.94 bits per heavy atom. The number of aryl methyl sites for hydroxylation is 1. The van der Waals surface area contributed by atoms with Crippen LogP contribution in [-0.4, -0.2) is 43.0 Å². The van der Waals surface area contributed by atoms with Gasteiger partial charge >= 0.3 is 0 Å². The monoisotopic (exact) mass is 427 g/mol. The van der Waals surface area contributed by atoms with Crippen LogP contribution >= 0.6 is 0 Å². The topological polar surface area (TPSA) is 77.5 Å². The van der Waals surface area contributed by atoms with Crippen molar-refractivity contribution in [3.05, 3.63) is 41.1 Å². The molecule has 1 rings (SSSR count). The molecule has 0 aromatic heterocycles. The van der Waals surface area contributed by atoms with Gasteiger partial charge in [-0.05, 0) is 86.6 Å². The minimum Gasteiger partial charge on any atom is -0.405 e. The van der Waals surface area contributed by atoms with Gasteiger partial charge in [-0.25, -0.2) is 0 Å². The Labute approximate surface area is 190 Å². The third kappa shape index (κ3) is 10.1. The van der Waals surface area contributed by atoms with Crippen LogP contribution in [0.2, 0.25) is 0 Å². The maximum absolute atomic E-state index is 8.22. The van der Waals surface area contributed by atoms with Crippen LogP contribution in [0.1, 0.15) is 70.1 Å². The Balaban J connectivity index is 2.82. The molecule has 0 aliphatic heterocycles. The summed E-state index contributed by atoms with van der Waals surface area (Å²) in [6.07, 6.45) is 7.38. The second-order valence-corrected chi connectivity index (χ2v) is 9.66. The number of aliphatic imine (C=N–C) groups is 1. The zero-order chi connectivity index (χ0) is 23.4. The SMILES string of the molecule is CCCN(CCCC(C)(C)C)Cc1cc(C)cc(NCCC(=N)C(C=CN)=NC)c1C. The van der Waals surface area contributed by atoms with E-state index in [2.05, 4.69) is 68.9 Å². The molecule has 0 aliphatic carbocycles. The lowest BCUT2D eigenvalue weighted by molar-refractivity contribution is 0.240. The molecule has 0 unspecified atom stereocenters. The number of allylic oxidation sites excluding steroid dienone is 1. The standard InChI is InChI=1S/C26H45N5/c1-8-15-31(16-9-12-26(4,5)6)19-22-17-20(2)18-25(21(22)3)30-14-11-23(28)24(29-7)10-13-27/h10,13,17-18,28,30H,8-9,11-12,14-16,19,27H2,1-7H3. The number of nitrogens with one attached hydrogen (secondary N) is 2. The summed E-state index contributed by atoms with van der Waals surface area (Å²) < 4.78 is 0. The summed E-state index contributed by atoms with van der Waals surface area (Å²) in [5.41, 5.74) is 12.1. The summed E-state index contributed by atoms with van der Waals surface area (Å²) in [6, 6.07) is 4.53. The fraction of sp³-hybridized carbons (Fsp3) is 0.615. The van der Waals surface area contributed by atoms with Gasteiger partial charge in [-0.3, -0.25) is 9.89 Å². The molecule has 0 saturated heterocycles. The average molecular weight is 428 g/mol. The average Bonchev–Trinajstić information content (AvgIpc) is 2.68. The van der Waals surface area contributed by atoms with E-state index < -0.39 is 0 Å². The van der Waals surface area contributed by atoms with Crippen LogP contribution in [0.3, 0.4) is 0 Å². The summed E-state index contributed by atoms with van der Waals surface area (Å²) in [5, 5.41) is 11.8. The third-order valence-electron chi connectivity index (χ3n) is 5.49. The summed E-state index contributed by atoms with van der Waals surface area (Å²) >= 11 is 0. The van der Waals surface area contributed by atoms with Crippen LogP contribution in [0.4, 0.5) is 5.69 Å². The first-order valence-electron chi connectivity index (χ1n) is 11.6. The molecular weight excluding hydrogens is 382 g/mol. The molecule has 0 spiro atoms. The molecule has 0 saturated carbocycles. The maximum atomic E-state index is 8.22. The number of hydrogen-bond acceptors (Lipinski definition) is 5. The molecule has 0 radical (unpaired) electrons. The van der Waals surface area contributed by atoms with Crippen molar-refractivity contribution in [2.45, 2.75) is 73.8 Å². The van der Waals surface area contributed by atoms with Crippen molar-refractivity contribution in [1.29, 1.82) is 5.41 Å². The second-order valence-electron chi connectivity index (χ2n) is 9.66. The Hall–Kier alpha value is -2.14. The number of rotatable bonds is 13. The van der Waals surface area contributed by atoms with Gasteiger partial charge in [0.25, 0.3) is 0 Å². The van der Waals surface area contributed by atoms with Crippen LogP contribution < -0.4 is 11.1 Å². The predicted octanol–water partition coefficient (Wildman–Crippen LogP) is 5.71. The van der Waals surface area contributed by atoms with E-state index in [-0.39, 0.29) is 0 Å². The summed E-state index contributed by atoms with van der Waals surface area (Å²) in [7, 11) is 1.69. The number of nitrogens with zero attached hydrogens (tertiary/aromatic N) is 2. The van der Waals surface area contributed by atoms with E-state index in [1.807, 2.05) is 0 Å². The minimum atomic E-state index is 0.393. The molecule has 0 atom stereocenters. The molecular formula is C26H45N5. The highest BCUT2D eigenvalue weighted by Crippen LogP contribution is 2.25. The van der Waals surface area contributed by atoms with E-state index in [0.29, 0.717) is 29.8 Å². The first-order chi connectivity index (χ1) is 14.6. The molecule has 0 amide bonds. The van der Waals surface area contributed by atoms with Crippen molar-refractivity contribution in [2.24, 2.45) is 16.1 Å². The molecule has 0 aliphatic rings. The van der Waals surface area contributed by atoms with Crippen molar-refractivity contribution >= 4 is 17.1 Å². The molecule has 31 heavy (non-hydrogen) atoms. The summed E-state index contributed by atoms with van der Waals surface area (Å²) in [6.45, 7) is 17.6. The van der Waals surface area contributed by atoms with Gasteiger partial charge in [0.2, 0.25) is 0 Å². The van der Waals surface area contributed by atoms with Crippen LogP contribution in [0.15, 0.2) is 29.4 Å². The van der Waals surface area contributed by atoms with Crippen LogP contribution in [0.25, 0.3) is 0 Å². The summed E-state index contributed by atoms with van der Waals surface area (Å²) in [4.78, 5) is 6.72. The smallest absolute Gasteiger partial charge is 0.0793 e. The number of hydrogen-bond donors (Lipinski definition) is 3. The van der Waals surface area contributed by atoms with Crippen molar-refractivity contribution in [3.8, 4) is 0 Å². The molecule has 0 heterocycles. The Morgan fingerprint density at radius 3 is 2.52 bits per heavy atom. The van der Waals surface area contributed by atoms with Crippen molar-refractivity contribution in [1.82, 2.24) is 4.90 Å². The van der Waals surface area contributed by atoms with Crippen molar-refractivity contribution in [3.63, 3.8) is 0 Å². The first-order valence-corrected chi connectivity index (χ1v) is 11.6. The van der Waals surface area contributed by atoms with Crippen molar-refractivity contribution < 1.29 is 0 Å². The fourth-order valence-electron chi connectivity index (χ4n) is 3.79. The summed E-state index contributed by atoms with van der Waals surface area (Å²) in [5.74, 6) is 0. The van der Waals surface area contributed by atoms with Gasteiger partial charge in [0.1, 0.15) is 0 Å². The van der Waals surface area contributed by atoms with E-state index in [1.165, 1.54) is 47.8 Å². The van der Waals surface area contributed by atoms with E-state index in [0.717, 1.165) is 19.6 Å². The van der Waals surface area contributed by atoms with Gasteiger partial charge in [-0.1, -0.05) is 33.8 Å². The highest BCUT2D eigenvalue weighted by atomic mass is 15.1. The molecule has 0 bridgehead atoms. The fourth-order valence-corrected chi connectivity index (χ4v) is 3.79. The molecule has 174 valence electrons. The van der Waals surface area contributed by atoms with Crippen molar-refractivity contribution in [2.75, 3.05) is 32.0 Å². The molecule has 5 heteroatoms. The Bertz CT molecular complexity index is 756. The normalized spacial score (nSPS) is 12.7. The van der Waals surface area contributed by atoms with E-state index in [9.17, 15) is 0 Å². The highest BCUT2D eigenvalue weighted by Gasteiger charge is 2.14. The predicted molar refractivity (Wildman–Crippen MR) is 138 cm³/mol. The van der Waals surface area contributed by atoms with Crippen LogP contribution in [0.5, 0.6) is 0 Å². The second kappa shape index (κ2) is 13.3. The first kappa shape index (κ1) is 26.9. The lowest BCUT2D eigenvalue weighted by Crippen LogP contribution is -2.26. The largest absolute Gasteiger partial charge is 0.405 e. The van der Waals surface area contributed by atoms with Crippen LogP contribution in [-0.2, 0) is 6.54 Å². The van der Waals surface area contributed by atoms with Gasteiger partial charge < -0.3 is 16.5 Å². The van der Waals surface area contributed by atoms with Crippen LogP contribution in [0, 0.1) is 24.7 Å². The van der Waals surface area contributed by atoms with E-state index in [4.69, 9.17) is 11.1 Å². The van der Waals surface area contributed by atoms with Gasteiger partial charge in [-0.2, -0.15) is 0 Å². The zero-order valence-corrected chi connectivity index (χ0v) is 20.9. The molecule has 5 nitrogen and oxygen atoms in total. The van der Waals surface area contributed by atoms with Gasteiger partial charge in [0, 0.05) is 32.2 Å². The molecule has 1 aromatic rings. The number of nitrogens with two attached hydrogens (primary N) is 1. The van der Waals surface area contributed by atoms with Gasteiger partial charge in [0.05, 0.1) is 11.4 Å². The van der Waals surface area contributed by atoms with E-state index in [1.54, 1.807) is 13.1 Å². The molecule has 1 aromatic carbocycles. The third-order valence-corrected chi connectivity index (χ3v) is 5.49. The molecule has 0 fully saturated rings. The zero-order valence-electron chi connectivity index (χ0n) is 20.9. The Morgan fingerprint density at radius 1 is 1.23 bits per heavy atom. The maximum Gasteiger partial charge on any atom is 0.0793 e. The van der Waals surface area contributed by atoms with E-state index >= 15 is 0 Å².